The highest BCUT2D eigenvalue weighted by atomic mass is 35.5. The number of hydrogen-bond acceptors (Lipinski definition) is 2. The van der Waals surface area contributed by atoms with Gasteiger partial charge in [-0.2, -0.15) is 0 Å². The molecular formula is C24H15ClFNO. The van der Waals surface area contributed by atoms with Crippen molar-refractivity contribution in [1.82, 2.24) is 4.98 Å². The van der Waals surface area contributed by atoms with E-state index in [2.05, 4.69) is 18.2 Å². The molecule has 136 valence electrons. The van der Waals surface area contributed by atoms with Crippen molar-refractivity contribution in [3.63, 3.8) is 0 Å². The number of fused-ring (bicyclic) bond motifs is 3. The van der Waals surface area contributed by atoms with E-state index in [0.717, 1.165) is 33.6 Å². The molecular weight excluding hydrogens is 373 g/mol. The molecule has 0 atom stereocenters. The molecule has 4 heteroatoms. The molecule has 0 radical (unpaired) electrons. The van der Waals surface area contributed by atoms with Gasteiger partial charge in [0.2, 0.25) is 0 Å². The van der Waals surface area contributed by atoms with Crippen LogP contribution in [0.25, 0.3) is 33.6 Å². The first-order valence-corrected chi connectivity index (χ1v) is 9.35. The van der Waals surface area contributed by atoms with Crippen molar-refractivity contribution in [3.05, 3.63) is 95.3 Å². The zero-order valence-electron chi connectivity index (χ0n) is 14.8. The number of halogens is 2. The summed E-state index contributed by atoms with van der Waals surface area (Å²) in [6.07, 6.45) is 0. The summed E-state index contributed by atoms with van der Waals surface area (Å²) in [4.78, 5) is 4.89. The lowest BCUT2D eigenvalue weighted by Gasteiger charge is -2.23. The van der Waals surface area contributed by atoms with Crippen molar-refractivity contribution in [2.24, 2.45) is 0 Å². The van der Waals surface area contributed by atoms with Crippen LogP contribution in [0.2, 0.25) is 5.02 Å². The number of nitrogens with zero attached hydrogens (tertiary/aromatic N) is 1. The minimum atomic E-state index is -0.310. The Morgan fingerprint density at radius 1 is 0.821 bits per heavy atom. The van der Waals surface area contributed by atoms with Gasteiger partial charge in [-0.25, -0.2) is 9.37 Å². The highest BCUT2D eigenvalue weighted by Gasteiger charge is 2.24. The highest BCUT2D eigenvalue weighted by molar-refractivity contribution is 6.30. The van der Waals surface area contributed by atoms with Gasteiger partial charge in [-0.15, -0.1) is 0 Å². The number of hydrogen-bond donors (Lipinski definition) is 0. The van der Waals surface area contributed by atoms with Crippen molar-refractivity contribution in [3.8, 4) is 39.4 Å². The van der Waals surface area contributed by atoms with Gasteiger partial charge >= 0.3 is 0 Å². The van der Waals surface area contributed by atoms with Crippen LogP contribution in [0.15, 0.2) is 78.9 Å². The predicted molar refractivity (Wildman–Crippen MR) is 110 cm³/mol. The Labute approximate surface area is 167 Å². The van der Waals surface area contributed by atoms with Gasteiger partial charge in [-0.05, 0) is 47.5 Å². The maximum absolute atomic E-state index is 14.0. The summed E-state index contributed by atoms with van der Waals surface area (Å²) < 4.78 is 19.9. The topological polar surface area (TPSA) is 22.1 Å². The predicted octanol–water partition coefficient (Wildman–Crippen LogP) is 6.77. The van der Waals surface area contributed by atoms with Crippen LogP contribution >= 0.6 is 11.6 Å². The Morgan fingerprint density at radius 2 is 1.61 bits per heavy atom. The fourth-order valence-corrected chi connectivity index (χ4v) is 3.67. The van der Waals surface area contributed by atoms with Crippen LogP contribution in [0.1, 0.15) is 5.56 Å². The second-order valence-corrected chi connectivity index (χ2v) is 7.12. The molecule has 1 aliphatic rings. The van der Waals surface area contributed by atoms with E-state index in [4.69, 9.17) is 21.3 Å². The van der Waals surface area contributed by atoms with E-state index in [0.29, 0.717) is 22.9 Å². The standard InChI is InChI=1S/C24H15ClFNO/c25-17-8-6-16(7-9-17)22-13-19(15-4-2-1-3-5-15)21-14-28-23-11-10-18(26)12-20(23)24(21)27-22/h1-13H,14H2. The van der Waals surface area contributed by atoms with Crippen molar-refractivity contribution < 1.29 is 9.13 Å². The van der Waals surface area contributed by atoms with Crippen LogP contribution in [0.3, 0.4) is 0 Å². The molecule has 28 heavy (non-hydrogen) atoms. The molecule has 0 saturated carbocycles. The minimum Gasteiger partial charge on any atom is -0.488 e. The summed E-state index contributed by atoms with van der Waals surface area (Å²) >= 11 is 6.05. The van der Waals surface area contributed by atoms with Crippen LogP contribution < -0.4 is 4.74 Å². The van der Waals surface area contributed by atoms with Crippen LogP contribution in [0, 0.1) is 5.82 Å². The van der Waals surface area contributed by atoms with E-state index in [1.807, 2.05) is 42.5 Å². The Bertz CT molecular complexity index is 1170. The smallest absolute Gasteiger partial charge is 0.129 e. The molecule has 0 unspecified atom stereocenters. The first-order valence-electron chi connectivity index (χ1n) is 8.97. The Balaban J connectivity index is 1.80. The Morgan fingerprint density at radius 3 is 2.39 bits per heavy atom. The Kier molecular flexibility index (Phi) is 4.10. The highest BCUT2D eigenvalue weighted by Crippen LogP contribution is 2.42. The Hall–Kier alpha value is -3.17. The SMILES string of the molecule is Fc1ccc2c(c1)-c1nc(-c3ccc(Cl)cc3)cc(-c3ccccc3)c1CO2. The number of ether oxygens (including phenoxy) is 1. The van der Waals surface area contributed by atoms with E-state index < -0.39 is 0 Å². The number of rotatable bonds is 2. The number of benzene rings is 3. The molecule has 0 spiro atoms. The zero-order valence-corrected chi connectivity index (χ0v) is 15.6. The van der Waals surface area contributed by atoms with Gasteiger partial charge in [0, 0.05) is 21.7 Å². The molecule has 1 aliphatic heterocycles. The molecule has 2 heterocycles. The van der Waals surface area contributed by atoms with Gasteiger partial charge in [-0.1, -0.05) is 54.1 Å². The molecule has 3 aromatic carbocycles. The molecule has 0 N–H and O–H groups in total. The summed E-state index contributed by atoms with van der Waals surface area (Å²) in [5, 5.41) is 0.672. The van der Waals surface area contributed by atoms with Gasteiger partial charge in [0.05, 0.1) is 11.4 Å². The van der Waals surface area contributed by atoms with E-state index in [1.54, 1.807) is 6.07 Å². The molecule has 0 bridgehead atoms. The molecule has 1 aromatic heterocycles. The molecule has 0 fully saturated rings. The third kappa shape index (κ3) is 2.94. The molecule has 4 aromatic rings. The second kappa shape index (κ2) is 6.77. The lowest BCUT2D eigenvalue weighted by atomic mass is 9.92. The third-order valence-corrected chi connectivity index (χ3v) is 5.17. The summed E-state index contributed by atoms with van der Waals surface area (Å²) in [6.45, 7) is 0.395. The lowest BCUT2D eigenvalue weighted by Crippen LogP contribution is -2.10. The fraction of sp³-hybridized carbons (Fsp3) is 0.0417. The van der Waals surface area contributed by atoms with Gasteiger partial charge in [-0.3, -0.25) is 0 Å². The average Bonchev–Trinajstić information content (AvgIpc) is 2.74. The maximum atomic E-state index is 14.0. The first kappa shape index (κ1) is 17.0. The van der Waals surface area contributed by atoms with Crippen LogP contribution in [-0.4, -0.2) is 4.98 Å². The number of pyridine rings is 1. The zero-order chi connectivity index (χ0) is 19.1. The molecule has 0 aliphatic carbocycles. The first-order chi connectivity index (χ1) is 13.7. The summed E-state index contributed by atoms with van der Waals surface area (Å²) in [7, 11) is 0. The third-order valence-electron chi connectivity index (χ3n) is 4.92. The van der Waals surface area contributed by atoms with Crippen LogP contribution in [-0.2, 0) is 6.61 Å². The van der Waals surface area contributed by atoms with E-state index >= 15 is 0 Å². The lowest BCUT2D eigenvalue weighted by molar-refractivity contribution is 0.301. The van der Waals surface area contributed by atoms with Crippen molar-refractivity contribution in [2.45, 2.75) is 6.61 Å². The fourth-order valence-electron chi connectivity index (χ4n) is 3.55. The minimum absolute atomic E-state index is 0.310. The monoisotopic (exact) mass is 387 g/mol. The molecule has 0 amide bonds. The van der Waals surface area contributed by atoms with Gasteiger partial charge in [0.15, 0.2) is 0 Å². The van der Waals surface area contributed by atoms with Gasteiger partial charge in [0.25, 0.3) is 0 Å². The van der Waals surface area contributed by atoms with Crippen molar-refractivity contribution in [1.29, 1.82) is 0 Å². The summed E-state index contributed by atoms with van der Waals surface area (Å²) in [5.41, 5.74) is 6.26. The maximum Gasteiger partial charge on any atom is 0.129 e. The molecule has 5 rings (SSSR count). The van der Waals surface area contributed by atoms with Crippen LogP contribution in [0.5, 0.6) is 5.75 Å². The molecule has 2 nitrogen and oxygen atoms in total. The quantitative estimate of drug-likeness (QED) is 0.378. The largest absolute Gasteiger partial charge is 0.488 e. The summed E-state index contributed by atoms with van der Waals surface area (Å²) in [5.74, 6) is 0.337. The van der Waals surface area contributed by atoms with Crippen molar-refractivity contribution >= 4 is 11.6 Å². The van der Waals surface area contributed by atoms with Gasteiger partial charge in [0.1, 0.15) is 18.2 Å². The van der Waals surface area contributed by atoms with Crippen molar-refractivity contribution in [2.75, 3.05) is 0 Å². The number of aromatic nitrogens is 1. The van der Waals surface area contributed by atoms with E-state index in [-0.39, 0.29) is 5.82 Å². The summed E-state index contributed by atoms with van der Waals surface area (Å²) in [6, 6.07) is 24.3. The molecule has 0 saturated heterocycles. The average molecular weight is 388 g/mol. The van der Waals surface area contributed by atoms with Gasteiger partial charge < -0.3 is 4.74 Å². The second-order valence-electron chi connectivity index (χ2n) is 6.68. The van der Waals surface area contributed by atoms with E-state index in [9.17, 15) is 4.39 Å². The normalized spacial score (nSPS) is 12.1. The van der Waals surface area contributed by atoms with Crippen LogP contribution in [0.4, 0.5) is 4.39 Å². The van der Waals surface area contributed by atoms with E-state index in [1.165, 1.54) is 12.1 Å².